The van der Waals surface area contributed by atoms with E-state index >= 15 is 0 Å². The molecule has 1 fully saturated rings. The summed E-state index contributed by atoms with van der Waals surface area (Å²) in [7, 11) is 0. The molecule has 0 saturated heterocycles. The van der Waals surface area contributed by atoms with Gasteiger partial charge in [-0.1, -0.05) is 26.7 Å². The minimum atomic E-state index is -0.0567. The van der Waals surface area contributed by atoms with Crippen LogP contribution in [0, 0.1) is 11.8 Å². The molecule has 2 N–H and O–H groups in total. The van der Waals surface area contributed by atoms with E-state index in [1.54, 1.807) is 0 Å². The third-order valence-electron chi connectivity index (χ3n) is 3.70. The fourth-order valence-electron chi connectivity index (χ4n) is 2.58. The van der Waals surface area contributed by atoms with Crippen LogP contribution in [0.1, 0.15) is 52.9 Å². The molecule has 0 heterocycles. The minimum absolute atomic E-state index is 0.0567. The van der Waals surface area contributed by atoms with Crippen LogP contribution in [0.2, 0.25) is 0 Å². The molecule has 1 amide bonds. The lowest BCUT2D eigenvalue weighted by molar-refractivity contribution is -0.122. The first kappa shape index (κ1) is 14.5. The van der Waals surface area contributed by atoms with Crippen LogP contribution in [0.4, 0.5) is 0 Å². The molecule has 17 heavy (non-hydrogen) atoms. The zero-order chi connectivity index (χ0) is 12.7. The Kier molecular flexibility index (Phi) is 6.56. The van der Waals surface area contributed by atoms with Crippen molar-refractivity contribution in [1.29, 1.82) is 0 Å². The number of rotatable bonds is 6. The lowest BCUT2D eigenvalue weighted by Crippen LogP contribution is -2.44. The number of nitrogens with one attached hydrogen (secondary N) is 2. The lowest BCUT2D eigenvalue weighted by Gasteiger charge is -2.27. The van der Waals surface area contributed by atoms with Gasteiger partial charge in [0.05, 0.1) is 6.04 Å². The van der Waals surface area contributed by atoms with Gasteiger partial charge in [-0.2, -0.15) is 0 Å². The summed E-state index contributed by atoms with van der Waals surface area (Å²) in [6, 6.07) is -0.0567. The second kappa shape index (κ2) is 7.70. The van der Waals surface area contributed by atoms with E-state index in [1.165, 1.54) is 25.7 Å². The Morgan fingerprint density at radius 3 is 2.82 bits per heavy atom. The summed E-state index contributed by atoms with van der Waals surface area (Å²) in [5.74, 6) is 1.76. The topological polar surface area (TPSA) is 41.1 Å². The van der Waals surface area contributed by atoms with Crippen LogP contribution in [-0.4, -0.2) is 25.0 Å². The van der Waals surface area contributed by atoms with Crippen molar-refractivity contribution < 1.29 is 4.79 Å². The van der Waals surface area contributed by atoms with Gasteiger partial charge in [0, 0.05) is 6.54 Å². The zero-order valence-electron chi connectivity index (χ0n) is 11.6. The third-order valence-corrected chi connectivity index (χ3v) is 3.70. The highest BCUT2D eigenvalue weighted by molar-refractivity contribution is 5.81. The van der Waals surface area contributed by atoms with E-state index in [2.05, 4.69) is 24.5 Å². The van der Waals surface area contributed by atoms with Crippen molar-refractivity contribution in [2.24, 2.45) is 11.8 Å². The normalized spacial score (nSPS) is 26.5. The van der Waals surface area contributed by atoms with E-state index in [-0.39, 0.29) is 11.9 Å². The maximum atomic E-state index is 11.7. The molecule has 3 atom stereocenters. The average Bonchev–Trinajstić information content (AvgIpc) is 2.33. The number of hydrogen-bond donors (Lipinski definition) is 2. The fraction of sp³-hybridized carbons (Fsp3) is 0.929. The summed E-state index contributed by atoms with van der Waals surface area (Å²) in [5, 5.41) is 6.30. The van der Waals surface area contributed by atoms with Crippen LogP contribution in [0.5, 0.6) is 0 Å². The largest absolute Gasteiger partial charge is 0.355 e. The van der Waals surface area contributed by atoms with Gasteiger partial charge in [0.25, 0.3) is 0 Å². The molecule has 0 radical (unpaired) electrons. The van der Waals surface area contributed by atoms with Gasteiger partial charge in [-0.3, -0.25) is 4.79 Å². The molecule has 3 heteroatoms. The molecule has 1 aliphatic rings. The van der Waals surface area contributed by atoms with E-state index in [9.17, 15) is 4.79 Å². The summed E-state index contributed by atoms with van der Waals surface area (Å²) >= 11 is 0. The van der Waals surface area contributed by atoms with Gasteiger partial charge in [-0.25, -0.2) is 0 Å². The maximum Gasteiger partial charge on any atom is 0.236 e. The maximum absolute atomic E-state index is 11.7. The number of carbonyl (C=O) groups is 1. The van der Waals surface area contributed by atoms with Crippen LogP contribution in [0.3, 0.4) is 0 Å². The van der Waals surface area contributed by atoms with Gasteiger partial charge in [-0.05, 0) is 44.6 Å². The summed E-state index contributed by atoms with van der Waals surface area (Å²) < 4.78 is 0. The van der Waals surface area contributed by atoms with Gasteiger partial charge in [0.2, 0.25) is 5.91 Å². The standard InChI is InChI=1S/C14H28N2O/c1-4-8-15-14(17)12(3)16-10-13-7-5-6-11(2)9-13/h11-13,16H,4-10H2,1-3H3,(H,15,17). The van der Waals surface area contributed by atoms with E-state index in [0.29, 0.717) is 0 Å². The number of carbonyl (C=O) groups excluding carboxylic acids is 1. The van der Waals surface area contributed by atoms with Crippen molar-refractivity contribution >= 4 is 5.91 Å². The Bertz CT molecular complexity index is 230. The molecule has 3 nitrogen and oxygen atoms in total. The van der Waals surface area contributed by atoms with Crippen LogP contribution in [0.15, 0.2) is 0 Å². The monoisotopic (exact) mass is 240 g/mol. The zero-order valence-corrected chi connectivity index (χ0v) is 11.6. The van der Waals surface area contributed by atoms with E-state index in [0.717, 1.165) is 31.3 Å². The summed E-state index contributed by atoms with van der Waals surface area (Å²) in [6.45, 7) is 8.14. The molecule has 0 spiro atoms. The molecule has 0 bridgehead atoms. The third kappa shape index (κ3) is 5.53. The number of amides is 1. The van der Waals surface area contributed by atoms with Crippen LogP contribution in [0.25, 0.3) is 0 Å². The minimum Gasteiger partial charge on any atom is -0.355 e. The summed E-state index contributed by atoms with van der Waals surface area (Å²) in [5.41, 5.74) is 0. The van der Waals surface area contributed by atoms with E-state index < -0.39 is 0 Å². The highest BCUT2D eigenvalue weighted by atomic mass is 16.2. The molecule has 1 rings (SSSR count). The van der Waals surface area contributed by atoms with E-state index in [4.69, 9.17) is 0 Å². The highest BCUT2D eigenvalue weighted by Crippen LogP contribution is 2.27. The molecule has 1 aliphatic carbocycles. The molecule has 0 aromatic rings. The average molecular weight is 240 g/mol. The van der Waals surface area contributed by atoms with Crippen molar-refractivity contribution in [2.75, 3.05) is 13.1 Å². The predicted molar refractivity (Wildman–Crippen MR) is 71.9 cm³/mol. The first-order chi connectivity index (χ1) is 8.13. The van der Waals surface area contributed by atoms with Crippen molar-refractivity contribution in [3.63, 3.8) is 0 Å². The molecular weight excluding hydrogens is 212 g/mol. The first-order valence-electron chi connectivity index (χ1n) is 7.14. The summed E-state index contributed by atoms with van der Waals surface area (Å²) in [4.78, 5) is 11.7. The van der Waals surface area contributed by atoms with Crippen LogP contribution in [-0.2, 0) is 4.79 Å². The molecule has 0 aliphatic heterocycles. The van der Waals surface area contributed by atoms with Crippen LogP contribution >= 0.6 is 0 Å². The summed E-state index contributed by atoms with van der Waals surface area (Å²) in [6.07, 6.45) is 6.36. The Morgan fingerprint density at radius 1 is 1.41 bits per heavy atom. The Balaban J connectivity index is 2.18. The smallest absolute Gasteiger partial charge is 0.236 e. The Morgan fingerprint density at radius 2 is 2.18 bits per heavy atom. The number of hydrogen-bond acceptors (Lipinski definition) is 2. The lowest BCUT2D eigenvalue weighted by atomic mass is 9.82. The Hall–Kier alpha value is -0.570. The predicted octanol–water partition coefficient (Wildman–Crippen LogP) is 2.32. The SMILES string of the molecule is CCCNC(=O)C(C)NCC1CCCC(C)C1. The molecule has 100 valence electrons. The van der Waals surface area contributed by atoms with Crippen LogP contribution < -0.4 is 10.6 Å². The van der Waals surface area contributed by atoms with Gasteiger partial charge < -0.3 is 10.6 Å². The van der Waals surface area contributed by atoms with Crippen molar-refractivity contribution in [2.45, 2.75) is 58.9 Å². The second-order valence-electron chi connectivity index (χ2n) is 5.56. The molecular formula is C14H28N2O. The molecule has 0 aromatic heterocycles. The molecule has 3 unspecified atom stereocenters. The first-order valence-corrected chi connectivity index (χ1v) is 7.14. The van der Waals surface area contributed by atoms with Crippen molar-refractivity contribution in [3.8, 4) is 0 Å². The molecule has 1 saturated carbocycles. The van der Waals surface area contributed by atoms with Gasteiger partial charge in [-0.15, -0.1) is 0 Å². The van der Waals surface area contributed by atoms with E-state index in [1.807, 2.05) is 6.92 Å². The van der Waals surface area contributed by atoms with Gasteiger partial charge in [0.1, 0.15) is 0 Å². The second-order valence-corrected chi connectivity index (χ2v) is 5.56. The molecule has 0 aromatic carbocycles. The van der Waals surface area contributed by atoms with Gasteiger partial charge >= 0.3 is 0 Å². The van der Waals surface area contributed by atoms with Gasteiger partial charge in [0.15, 0.2) is 0 Å². The fourth-order valence-corrected chi connectivity index (χ4v) is 2.58. The van der Waals surface area contributed by atoms with Crippen molar-refractivity contribution in [1.82, 2.24) is 10.6 Å². The quantitative estimate of drug-likeness (QED) is 0.748. The van der Waals surface area contributed by atoms with Crippen molar-refractivity contribution in [3.05, 3.63) is 0 Å². The Labute approximate surface area is 106 Å². The highest BCUT2D eigenvalue weighted by Gasteiger charge is 2.20.